The van der Waals surface area contributed by atoms with Gasteiger partial charge in [0.05, 0.1) is 0 Å². The molecule has 0 aliphatic heterocycles. The van der Waals surface area contributed by atoms with Crippen LogP contribution in [0, 0.1) is 0 Å². The molecule has 1 unspecified atom stereocenters. The Morgan fingerprint density at radius 3 is 3.17 bits per heavy atom. The summed E-state index contributed by atoms with van der Waals surface area (Å²) < 4.78 is 0. The fourth-order valence-electron chi connectivity index (χ4n) is 1.71. The standard InChI is InChI=1S/C10H11NO/c1-7-2-3-10(12)9-6-11-5-4-8(7)9/h4-7H,2-3H2,1H3. The van der Waals surface area contributed by atoms with Crippen LogP contribution in [0.3, 0.4) is 0 Å². The Kier molecular flexibility index (Phi) is 1.68. The number of nitrogens with zero attached hydrogens (tertiary/aromatic N) is 1. The fraction of sp³-hybridized carbons (Fsp3) is 0.400. The summed E-state index contributed by atoms with van der Waals surface area (Å²) in [6, 6.07) is 1.96. The second kappa shape index (κ2) is 2.70. The third kappa shape index (κ3) is 1.04. The molecule has 1 aromatic heterocycles. The van der Waals surface area contributed by atoms with Gasteiger partial charge in [0.25, 0.3) is 0 Å². The monoisotopic (exact) mass is 161 g/mol. The molecule has 2 rings (SSSR count). The molecule has 1 atom stereocenters. The van der Waals surface area contributed by atoms with Gasteiger partial charge in [-0.1, -0.05) is 6.92 Å². The van der Waals surface area contributed by atoms with Gasteiger partial charge in [-0.2, -0.15) is 0 Å². The van der Waals surface area contributed by atoms with E-state index in [1.807, 2.05) is 6.07 Å². The van der Waals surface area contributed by atoms with E-state index in [1.54, 1.807) is 12.4 Å². The number of fused-ring (bicyclic) bond motifs is 1. The molecule has 1 aliphatic carbocycles. The average molecular weight is 161 g/mol. The summed E-state index contributed by atoms with van der Waals surface area (Å²) in [6.45, 7) is 2.16. The van der Waals surface area contributed by atoms with Gasteiger partial charge < -0.3 is 0 Å². The lowest BCUT2D eigenvalue weighted by Gasteiger charge is -2.19. The van der Waals surface area contributed by atoms with Crippen LogP contribution in [0.5, 0.6) is 0 Å². The molecule has 0 bridgehead atoms. The Bertz CT molecular complexity index is 319. The van der Waals surface area contributed by atoms with E-state index < -0.39 is 0 Å². The Balaban J connectivity index is 2.55. The van der Waals surface area contributed by atoms with Crippen molar-refractivity contribution in [3.63, 3.8) is 0 Å². The van der Waals surface area contributed by atoms with Gasteiger partial charge in [0.2, 0.25) is 0 Å². The maximum atomic E-state index is 11.4. The quantitative estimate of drug-likeness (QED) is 0.583. The molecule has 62 valence electrons. The Labute approximate surface area is 71.6 Å². The van der Waals surface area contributed by atoms with E-state index in [1.165, 1.54) is 5.56 Å². The zero-order valence-electron chi connectivity index (χ0n) is 7.08. The van der Waals surface area contributed by atoms with Crippen molar-refractivity contribution in [1.82, 2.24) is 4.98 Å². The molecule has 2 heteroatoms. The van der Waals surface area contributed by atoms with Crippen LogP contribution in [-0.2, 0) is 0 Å². The van der Waals surface area contributed by atoms with Crippen molar-refractivity contribution in [2.45, 2.75) is 25.7 Å². The van der Waals surface area contributed by atoms with E-state index in [2.05, 4.69) is 11.9 Å². The number of carbonyl (C=O) groups excluding carboxylic acids is 1. The third-order valence-electron chi connectivity index (χ3n) is 2.49. The first-order chi connectivity index (χ1) is 5.79. The third-order valence-corrected chi connectivity index (χ3v) is 2.49. The largest absolute Gasteiger partial charge is 0.294 e. The lowest BCUT2D eigenvalue weighted by molar-refractivity contribution is 0.0967. The molecule has 0 fully saturated rings. The maximum absolute atomic E-state index is 11.4. The molecule has 12 heavy (non-hydrogen) atoms. The first-order valence-corrected chi connectivity index (χ1v) is 4.26. The minimum atomic E-state index is 0.246. The highest BCUT2D eigenvalue weighted by Gasteiger charge is 2.21. The van der Waals surface area contributed by atoms with Gasteiger partial charge in [-0.3, -0.25) is 9.78 Å². The summed E-state index contributed by atoms with van der Waals surface area (Å²) in [5.41, 5.74) is 2.00. The number of carbonyl (C=O) groups is 1. The summed E-state index contributed by atoms with van der Waals surface area (Å²) in [5.74, 6) is 0.761. The lowest BCUT2D eigenvalue weighted by atomic mass is 9.84. The van der Waals surface area contributed by atoms with Crippen LogP contribution in [0.15, 0.2) is 18.5 Å². The van der Waals surface area contributed by atoms with E-state index >= 15 is 0 Å². The van der Waals surface area contributed by atoms with Crippen molar-refractivity contribution < 1.29 is 4.79 Å². The molecule has 0 spiro atoms. The van der Waals surface area contributed by atoms with Gasteiger partial charge in [-0.15, -0.1) is 0 Å². The van der Waals surface area contributed by atoms with E-state index in [0.29, 0.717) is 12.3 Å². The summed E-state index contributed by atoms with van der Waals surface area (Å²) in [6.07, 6.45) is 5.11. The molecule has 0 saturated heterocycles. The first kappa shape index (κ1) is 7.47. The van der Waals surface area contributed by atoms with Gasteiger partial charge in [0.15, 0.2) is 5.78 Å². The number of Topliss-reactive ketones (excluding diaryl/α,β-unsaturated/α-hetero) is 1. The minimum Gasteiger partial charge on any atom is -0.294 e. The topological polar surface area (TPSA) is 30.0 Å². The van der Waals surface area contributed by atoms with Crippen LogP contribution >= 0.6 is 0 Å². The van der Waals surface area contributed by atoms with Crippen molar-refractivity contribution in [1.29, 1.82) is 0 Å². The summed E-state index contributed by atoms with van der Waals surface area (Å²) in [5, 5.41) is 0. The van der Waals surface area contributed by atoms with Crippen LogP contribution in [-0.4, -0.2) is 10.8 Å². The zero-order chi connectivity index (χ0) is 8.55. The normalized spacial score (nSPS) is 22.1. The summed E-state index contributed by atoms with van der Waals surface area (Å²) >= 11 is 0. The van der Waals surface area contributed by atoms with Crippen LogP contribution < -0.4 is 0 Å². The molecule has 0 saturated carbocycles. The molecule has 1 aromatic rings. The van der Waals surface area contributed by atoms with Crippen LogP contribution in [0.2, 0.25) is 0 Å². The highest BCUT2D eigenvalue weighted by Crippen LogP contribution is 2.29. The smallest absolute Gasteiger partial charge is 0.164 e. The fourth-order valence-corrected chi connectivity index (χ4v) is 1.71. The van der Waals surface area contributed by atoms with E-state index in [0.717, 1.165) is 12.0 Å². The summed E-state index contributed by atoms with van der Waals surface area (Å²) in [7, 11) is 0. The SMILES string of the molecule is CC1CCC(=O)c2cnccc21. The van der Waals surface area contributed by atoms with Crippen molar-refractivity contribution in [2.24, 2.45) is 0 Å². The Morgan fingerprint density at radius 2 is 2.42 bits per heavy atom. The Hall–Kier alpha value is -1.18. The van der Waals surface area contributed by atoms with Gasteiger partial charge in [0.1, 0.15) is 0 Å². The first-order valence-electron chi connectivity index (χ1n) is 4.26. The number of pyridine rings is 1. The van der Waals surface area contributed by atoms with Crippen LogP contribution in [0.1, 0.15) is 41.6 Å². The van der Waals surface area contributed by atoms with Gasteiger partial charge in [-0.05, 0) is 24.0 Å². The van der Waals surface area contributed by atoms with Crippen molar-refractivity contribution >= 4 is 5.78 Å². The molecule has 1 aliphatic rings. The molecule has 0 radical (unpaired) electrons. The molecular formula is C10H11NO. The van der Waals surface area contributed by atoms with E-state index in [4.69, 9.17) is 0 Å². The van der Waals surface area contributed by atoms with E-state index in [-0.39, 0.29) is 5.78 Å². The van der Waals surface area contributed by atoms with Crippen molar-refractivity contribution in [2.75, 3.05) is 0 Å². The predicted molar refractivity (Wildman–Crippen MR) is 46.2 cm³/mol. The summed E-state index contributed by atoms with van der Waals surface area (Å²) in [4.78, 5) is 15.4. The van der Waals surface area contributed by atoms with Gasteiger partial charge in [0, 0.05) is 24.4 Å². The minimum absolute atomic E-state index is 0.246. The number of aromatic nitrogens is 1. The number of rotatable bonds is 0. The predicted octanol–water partition coefficient (Wildman–Crippen LogP) is 2.16. The number of ketones is 1. The molecule has 1 heterocycles. The highest BCUT2D eigenvalue weighted by atomic mass is 16.1. The molecule has 0 aromatic carbocycles. The number of hydrogen-bond donors (Lipinski definition) is 0. The van der Waals surface area contributed by atoms with Gasteiger partial charge >= 0.3 is 0 Å². The lowest BCUT2D eigenvalue weighted by Crippen LogP contribution is -2.13. The van der Waals surface area contributed by atoms with E-state index in [9.17, 15) is 4.79 Å². The van der Waals surface area contributed by atoms with Crippen molar-refractivity contribution in [3.8, 4) is 0 Å². The maximum Gasteiger partial charge on any atom is 0.164 e. The highest BCUT2D eigenvalue weighted by molar-refractivity contribution is 5.98. The van der Waals surface area contributed by atoms with Crippen molar-refractivity contribution in [3.05, 3.63) is 29.6 Å². The zero-order valence-corrected chi connectivity index (χ0v) is 7.08. The molecule has 0 N–H and O–H groups in total. The Morgan fingerprint density at radius 1 is 1.58 bits per heavy atom. The molecular weight excluding hydrogens is 150 g/mol. The number of hydrogen-bond acceptors (Lipinski definition) is 2. The second-order valence-electron chi connectivity index (χ2n) is 3.33. The van der Waals surface area contributed by atoms with Gasteiger partial charge in [-0.25, -0.2) is 0 Å². The van der Waals surface area contributed by atoms with Crippen LogP contribution in [0.25, 0.3) is 0 Å². The molecule has 2 nitrogen and oxygen atoms in total. The average Bonchev–Trinajstić information content (AvgIpc) is 2.12. The molecule has 0 amide bonds. The van der Waals surface area contributed by atoms with Crippen LogP contribution in [0.4, 0.5) is 0 Å². The second-order valence-corrected chi connectivity index (χ2v) is 3.33.